The zero-order valence-electron chi connectivity index (χ0n) is 11.5. The summed E-state index contributed by atoms with van der Waals surface area (Å²) < 4.78 is 19.6. The Morgan fingerprint density at radius 2 is 2.00 bits per heavy atom. The third kappa shape index (κ3) is 3.80. The van der Waals surface area contributed by atoms with Gasteiger partial charge in [0.05, 0.1) is 13.2 Å². The van der Waals surface area contributed by atoms with E-state index in [-0.39, 0.29) is 16.5 Å². The van der Waals surface area contributed by atoms with Gasteiger partial charge in [-0.15, -0.1) is 4.72 Å². The molecule has 5 heteroatoms. The summed E-state index contributed by atoms with van der Waals surface area (Å²) in [5.74, 6) is 0.737. The van der Waals surface area contributed by atoms with Gasteiger partial charge in [-0.1, -0.05) is 0 Å². The van der Waals surface area contributed by atoms with Crippen molar-refractivity contribution in [2.75, 3.05) is 7.11 Å². The Kier molecular flexibility index (Phi) is 4.90. The zero-order valence-corrected chi connectivity index (χ0v) is 12.3. The van der Waals surface area contributed by atoms with E-state index < -0.39 is 11.4 Å². The molecular formula is C13H21NO3S. The first-order chi connectivity index (χ1) is 8.25. The monoisotopic (exact) mass is 271 g/mol. The third-order valence-electron chi connectivity index (χ3n) is 2.54. The second-order valence-electron chi connectivity index (χ2n) is 5.15. The summed E-state index contributed by atoms with van der Waals surface area (Å²) in [7, 11) is 1.55. The number of ether oxygens (including phenoxy) is 1. The van der Waals surface area contributed by atoms with Gasteiger partial charge in [-0.25, -0.2) is 0 Å². The van der Waals surface area contributed by atoms with Gasteiger partial charge in [0, 0.05) is 23.0 Å². The molecule has 4 nitrogen and oxygen atoms in total. The minimum atomic E-state index is -1.18. The number of nitrogens with one attached hydrogen (secondary N) is 1. The van der Waals surface area contributed by atoms with Crippen LogP contribution in [0.1, 0.15) is 39.3 Å². The number of methoxy groups -OCH3 is 1. The molecule has 1 rings (SSSR count). The number of phenols is 1. The van der Waals surface area contributed by atoms with Crippen molar-refractivity contribution in [2.45, 2.75) is 38.5 Å². The number of rotatable bonds is 4. The van der Waals surface area contributed by atoms with E-state index in [4.69, 9.17) is 4.74 Å². The summed E-state index contributed by atoms with van der Waals surface area (Å²) in [6, 6.07) is 4.89. The first-order valence-electron chi connectivity index (χ1n) is 5.80. The highest BCUT2D eigenvalue weighted by atomic mass is 32.2. The number of phenolic OH excluding ortho intramolecular Hbond substituents is 1. The van der Waals surface area contributed by atoms with E-state index >= 15 is 0 Å². The minimum Gasteiger partial charge on any atom is -0.598 e. The fourth-order valence-corrected chi connectivity index (χ4v) is 2.22. The van der Waals surface area contributed by atoms with E-state index in [0.717, 1.165) is 0 Å². The number of hydrogen-bond donors (Lipinski definition) is 2. The largest absolute Gasteiger partial charge is 0.598 e. The highest BCUT2D eigenvalue weighted by molar-refractivity contribution is 7.90. The maximum atomic E-state index is 12.0. The predicted molar refractivity (Wildman–Crippen MR) is 74.1 cm³/mol. The molecule has 0 heterocycles. The molecule has 1 aromatic rings. The summed E-state index contributed by atoms with van der Waals surface area (Å²) in [6.07, 6.45) is 0. The molecule has 2 atom stereocenters. The van der Waals surface area contributed by atoms with Gasteiger partial charge in [0.15, 0.2) is 0 Å². The van der Waals surface area contributed by atoms with E-state index in [0.29, 0.717) is 11.3 Å². The van der Waals surface area contributed by atoms with Crippen molar-refractivity contribution in [3.05, 3.63) is 23.8 Å². The van der Waals surface area contributed by atoms with E-state index in [2.05, 4.69) is 4.72 Å². The number of aromatic hydroxyl groups is 1. The lowest BCUT2D eigenvalue weighted by atomic mass is 10.1. The van der Waals surface area contributed by atoms with Gasteiger partial charge >= 0.3 is 0 Å². The fraction of sp³-hybridized carbons (Fsp3) is 0.538. The lowest BCUT2D eigenvalue weighted by molar-refractivity contribution is 0.405. The van der Waals surface area contributed by atoms with Crippen molar-refractivity contribution in [3.63, 3.8) is 0 Å². The average Bonchev–Trinajstić information content (AvgIpc) is 2.27. The molecule has 0 fully saturated rings. The molecule has 0 saturated carbocycles. The molecule has 0 amide bonds. The SMILES string of the molecule is COc1ccc([C@@H](C)N[S@@+]([O-])C(C)(C)C)c(O)c1. The summed E-state index contributed by atoms with van der Waals surface area (Å²) in [5, 5.41) is 9.89. The van der Waals surface area contributed by atoms with Crippen LogP contribution in [-0.4, -0.2) is 21.5 Å². The van der Waals surface area contributed by atoms with Crippen LogP contribution in [-0.2, 0) is 11.4 Å². The lowest BCUT2D eigenvalue weighted by Gasteiger charge is -2.26. The van der Waals surface area contributed by atoms with Crippen LogP contribution >= 0.6 is 0 Å². The first-order valence-corrected chi connectivity index (χ1v) is 6.95. The molecule has 0 unspecified atom stereocenters. The molecule has 0 aliphatic carbocycles. The highest BCUT2D eigenvalue weighted by Crippen LogP contribution is 2.29. The topological polar surface area (TPSA) is 64.5 Å². The van der Waals surface area contributed by atoms with Gasteiger partial charge in [-0.2, -0.15) is 0 Å². The van der Waals surface area contributed by atoms with Crippen molar-refractivity contribution in [2.24, 2.45) is 0 Å². The Morgan fingerprint density at radius 1 is 1.39 bits per heavy atom. The molecule has 102 valence electrons. The molecule has 1 aromatic carbocycles. The fourth-order valence-electron chi connectivity index (χ4n) is 1.42. The molecule has 0 radical (unpaired) electrons. The van der Waals surface area contributed by atoms with Crippen molar-refractivity contribution >= 4 is 11.4 Å². The maximum Gasteiger partial charge on any atom is 0.136 e. The van der Waals surface area contributed by atoms with Crippen molar-refractivity contribution in [1.82, 2.24) is 4.72 Å². The molecule has 18 heavy (non-hydrogen) atoms. The molecule has 0 aliphatic rings. The van der Waals surface area contributed by atoms with Gasteiger partial charge in [-0.05, 0) is 39.8 Å². The quantitative estimate of drug-likeness (QED) is 0.826. The van der Waals surface area contributed by atoms with Crippen molar-refractivity contribution < 1.29 is 14.4 Å². The molecule has 0 saturated heterocycles. The summed E-state index contributed by atoms with van der Waals surface area (Å²) in [5.41, 5.74) is 0.702. The first kappa shape index (κ1) is 15.1. The van der Waals surface area contributed by atoms with Crippen molar-refractivity contribution in [1.29, 1.82) is 0 Å². The zero-order chi connectivity index (χ0) is 13.9. The Bertz CT molecular complexity index is 404. The van der Waals surface area contributed by atoms with Gasteiger partial charge in [-0.3, -0.25) is 0 Å². The Balaban J connectivity index is 2.81. The Hall–Kier alpha value is -0.910. The smallest absolute Gasteiger partial charge is 0.136 e. The molecule has 0 aromatic heterocycles. The van der Waals surface area contributed by atoms with Crippen LogP contribution in [0.25, 0.3) is 0 Å². The summed E-state index contributed by atoms with van der Waals surface area (Å²) >= 11 is -1.18. The Morgan fingerprint density at radius 3 is 2.44 bits per heavy atom. The third-order valence-corrected chi connectivity index (χ3v) is 4.22. The molecule has 0 aliphatic heterocycles. The molecule has 2 N–H and O–H groups in total. The van der Waals surface area contributed by atoms with Crippen LogP contribution < -0.4 is 9.46 Å². The van der Waals surface area contributed by atoms with E-state index in [1.807, 2.05) is 27.7 Å². The van der Waals surface area contributed by atoms with Crippen LogP contribution in [0.4, 0.5) is 0 Å². The molecule has 0 spiro atoms. The van der Waals surface area contributed by atoms with E-state index in [1.165, 1.54) is 0 Å². The van der Waals surface area contributed by atoms with Crippen LogP contribution in [0.5, 0.6) is 11.5 Å². The Labute approximate surface area is 112 Å². The highest BCUT2D eigenvalue weighted by Gasteiger charge is 2.29. The van der Waals surface area contributed by atoms with Gasteiger partial charge in [0.1, 0.15) is 16.2 Å². The predicted octanol–water partition coefficient (Wildman–Crippen LogP) is 2.51. The average molecular weight is 271 g/mol. The molecule has 0 bridgehead atoms. The van der Waals surface area contributed by atoms with Gasteiger partial charge in [0.2, 0.25) is 0 Å². The molecular weight excluding hydrogens is 250 g/mol. The van der Waals surface area contributed by atoms with Crippen LogP contribution in [0.15, 0.2) is 18.2 Å². The van der Waals surface area contributed by atoms with Crippen molar-refractivity contribution in [3.8, 4) is 11.5 Å². The van der Waals surface area contributed by atoms with Crippen LogP contribution in [0.2, 0.25) is 0 Å². The number of hydrogen-bond acceptors (Lipinski definition) is 4. The normalized spacial score (nSPS) is 15.2. The standard InChI is InChI=1S/C13H21NO3S/c1-9(14-18(16)13(2,3)4)11-7-6-10(17-5)8-12(11)15/h6-9,14-15H,1-5H3/t9-,18+/m1/s1. The second kappa shape index (κ2) is 5.82. The van der Waals surface area contributed by atoms with Gasteiger partial charge in [0.25, 0.3) is 0 Å². The van der Waals surface area contributed by atoms with E-state index in [9.17, 15) is 9.66 Å². The maximum absolute atomic E-state index is 12.0. The minimum absolute atomic E-state index is 0.139. The summed E-state index contributed by atoms with van der Waals surface area (Å²) in [4.78, 5) is 0. The lowest BCUT2D eigenvalue weighted by Crippen LogP contribution is -2.40. The van der Waals surface area contributed by atoms with Crippen LogP contribution in [0, 0.1) is 0 Å². The van der Waals surface area contributed by atoms with E-state index in [1.54, 1.807) is 25.3 Å². The second-order valence-corrected chi connectivity index (χ2v) is 7.14. The van der Waals surface area contributed by atoms with Gasteiger partial charge < -0.3 is 14.4 Å². The summed E-state index contributed by atoms with van der Waals surface area (Å²) in [6.45, 7) is 7.56. The van der Waals surface area contributed by atoms with Crippen LogP contribution in [0.3, 0.4) is 0 Å². The number of benzene rings is 1.